The van der Waals surface area contributed by atoms with E-state index in [0.717, 1.165) is 17.7 Å². The Bertz CT molecular complexity index is 682. The number of nitrogens with one attached hydrogen (secondary N) is 1. The molecule has 0 aliphatic carbocycles. The number of carbonyl (C=O) groups is 1. The molecule has 0 unspecified atom stereocenters. The average molecular weight is 321 g/mol. The molecule has 2 rings (SSSR count). The lowest BCUT2D eigenvalue weighted by molar-refractivity contribution is -0.384. The Labute approximate surface area is 129 Å². The monoisotopic (exact) mass is 321 g/mol. The van der Waals surface area contributed by atoms with Crippen LogP contribution in [0.1, 0.15) is 5.56 Å². The zero-order chi connectivity index (χ0) is 15.9. The van der Waals surface area contributed by atoms with Crippen LogP contribution in [-0.2, 0) is 10.5 Å². The smallest absolute Gasteiger partial charge is 0.295 e. The number of nitro benzene ring substituents is 1. The van der Waals surface area contributed by atoms with Crippen LogP contribution in [0.2, 0.25) is 0 Å². The maximum absolute atomic E-state index is 13.0. The molecule has 0 saturated carbocycles. The number of rotatable bonds is 6. The summed E-state index contributed by atoms with van der Waals surface area (Å²) in [6.07, 6.45) is 3.37. The van der Waals surface area contributed by atoms with Gasteiger partial charge in [0, 0.05) is 18.1 Å². The fourth-order valence-electron chi connectivity index (χ4n) is 1.69. The maximum Gasteiger partial charge on any atom is 0.295 e. The number of anilines is 1. The molecule has 0 fully saturated rings. The van der Waals surface area contributed by atoms with Gasteiger partial charge in [-0.1, -0.05) is 6.07 Å². The minimum Gasteiger partial charge on any atom is -0.320 e. The molecule has 0 saturated heterocycles. The number of amides is 1. The van der Waals surface area contributed by atoms with Crippen molar-refractivity contribution in [2.45, 2.75) is 5.75 Å². The highest BCUT2D eigenvalue weighted by Gasteiger charge is 2.16. The first-order valence-corrected chi connectivity index (χ1v) is 7.42. The van der Waals surface area contributed by atoms with Gasteiger partial charge in [0.1, 0.15) is 11.5 Å². The zero-order valence-electron chi connectivity index (χ0n) is 11.4. The molecule has 0 aliphatic heterocycles. The van der Waals surface area contributed by atoms with Gasteiger partial charge in [-0.3, -0.25) is 19.9 Å². The predicted octanol–water partition coefficient (Wildman–Crippen LogP) is 3.00. The third kappa shape index (κ3) is 4.52. The van der Waals surface area contributed by atoms with E-state index >= 15 is 0 Å². The fraction of sp³-hybridized carbons (Fsp3) is 0.143. The Morgan fingerprint density at radius 2 is 2.23 bits per heavy atom. The van der Waals surface area contributed by atoms with Crippen LogP contribution in [0.15, 0.2) is 42.7 Å². The molecule has 2 aromatic rings. The Kier molecular flexibility index (Phi) is 5.42. The number of aromatic nitrogens is 1. The summed E-state index contributed by atoms with van der Waals surface area (Å²) in [5.74, 6) is -0.379. The van der Waals surface area contributed by atoms with E-state index in [1.165, 1.54) is 17.8 Å². The van der Waals surface area contributed by atoms with E-state index in [0.29, 0.717) is 5.75 Å². The van der Waals surface area contributed by atoms with Gasteiger partial charge >= 0.3 is 0 Å². The van der Waals surface area contributed by atoms with E-state index in [1.54, 1.807) is 18.5 Å². The van der Waals surface area contributed by atoms with Crippen molar-refractivity contribution in [2.24, 2.45) is 0 Å². The largest absolute Gasteiger partial charge is 0.320 e. The second-order valence-corrected chi connectivity index (χ2v) is 5.31. The Hall–Kier alpha value is -2.48. The Morgan fingerprint density at radius 1 is 1.41 bits per heavy atom. The summed E-state index contributed by atoms with van der Waals surface area (Å²) in [4.78, 5) is 25.9. The van der Waals surface area contributed by atoms with E-state index in [-0.39, 0.29) is 17.3 Å². The SMILES string of the molecule is O=C(CSCc1cccnc1)Nc1ccc(F)cc1[N+](=O)[O-]. The molecule has 0 aliphatic rings. The number of nitrogens with zero attached hydrogens (tertiary/aromatic N) is 2. The molecule has 1 aromatic carbocycles. The predicted molar refractivity (Wildman–Crippen MR) is 82.1 cm³/mol. The number of nitro groups is 1. The summed E-state index contributed by atoms with van der Waals surface area (Å²) in [6.45, 7) is 0. The third-order valence-corrected chi connectivity index (χ3v) is 3.66. The quantitative estimate of drug-likeness (QED) is 0.653. The molecule has 0 bridgehead atoms. The van der Waals surface area contributed by atoms with Crippen molar-refractivity contribution < 1.29 is 14.1 Å². The van der Waals surface area contributed by atoms with Crippen LogP contribution in [0, 0.1) is 15.9 Å². The lowest BCUT2D eigenvalue weighted by Gasteiger charge is -2.06. The maximum atomic E-state index is 13.0. The van der Waals surface area contributed by atoms with E-state index < -0.39 is 16.4 Å². The van der Waals surface area contributed by atoms with Crippen molar-refractivity contribution in [3.63, 3.8) is 0 Å². The van der Waals surface area contributed by atoms with Crippen LogP contribution >= 0.6 is 11.8 Å². The lowest BCUT2D eigenvalue weighted by Crippen LogP contribution is -2.15. The van der Waals surface area contributed by atoms with Crippen LogP contribution in [-0.4, -0.2) is 21.6 Å². The topological polar surface area (TPSA) is 85.1 Å². The van der Waals surface area contributed by atoms with E-state index in [4.69, 9.17) is 0 Å². The molecule has 1 aromatic heterocycles. The molecule has 0 atom stereocenters. The molecule has 6 nitrogen and oxygen atoms in total. The number of benzene rings is 1. The first-order valence-electron chi connectivity index (χ1n) is 6.26. The van der Waals surface area contributed by atoms with Crippen molar-refractivity contribution in [2.75, 3.05) is 11.1 Å². The van der Waals surface area contributed by atoms with Gasteiger partial charge in [0.15, 0.2) is 0 Å². The minimum absolute atomic E-state index is 0.0154. The van der Waals surface area contributed by atoms with Crippen LogP contribution in [0.4, 0.5) is 15.8 Å². The molecule has 1 N–H and O–H groups in total. The summed E-state index contributed by atoms with van der Waals surface area (Å²) in [5, 5.41) is 13.3. The molecular weight excluding hydrogens is 309 g/mol. The summed E-state index contributed by atoms with van der Waals surface area (Å²) >= 11 is 1.36. The molecule has 1 heterocycles. The van der Waals surface area contributed by atoms with E-state index in [2.05, 4.69) is 10.3 Å². The molecule has 0 radical (unpaired) electrons. The molecular formula is C14H12FN3O3S. The van der Waals surface area contributed by atoms with Gasteiger partial charge < -0.3 is 5.32 Å². The van der Waals surface area contributed by atoms with Crippen LogP contribution in [0.5, 0.6) is 0 Å². The van der Waals surface area contributed by atoms with Crippen LogP contribution in [0.3, 0.4) is 0 Å². The fourth-order valence-corrected chi connectivity index (χ4v) is 2.46. The Balaban J connectivity index is 1.91. The van der Waals surface area contributed by atoms with Gasteiger partial charge in [-0.2, -0.15) is 0 Å². The summed E-state index contributed by atoms with van der Waals surface area (Å²) in [6, 6.07) is 6.71. The Morgan fingerprint density at radius 3 is 2.91 bits per heavy atom. The van der Waals surface area contributed by atoms with Gasteiger partial charge in [-0.15, -0.1) is 11.8 Å². The first kappa shape index (κ1) is 15.9. The minimum atomic E-state index is -0.735. The number of pyridine rings is 1. The first-order chi connectivity index (χ1) is 10.6. The normalized spacial score (nSPS) is 10.2. The molecule has 0 spiro atoms. The van der Waals surface area contributed by atoms with E-state index in [9.17, 15) is 19.3 Å². The van der Waals surface area contributed by atoms with Gasteiger partial charge in [0.2, 0.25) is 5.91 Å². The zero-order valence-corrected chi connectivity index (χ0v) is 12.2. The summed E-state index contributed by atoms with van der Waals surface area (Å²) < 4.78 is 13.0. The van der Waals surface area contributed by atoms with Crippen LogP contribution in [0.25, 0.3) is 0 Å². The number of hydrogen-bond acceptors (Lipinski definition) is 5. The van der Waals surface area contributed by atoms with Gasteiger partial charge in [-0.05, 0) is 23.8 Å². The van der Waals surface area contributed by atoms with Crippen molar-refractivity contribution in [1.82, 2.24) is 4.98 Å². The number of thioether (sulfide) groups is 1. The van der Waals surface area contributed by atoms with Crippen molar-refractivity contribution in [3.05, 3.63) is 64.2 Å². The highest BCUT2D eigenvalue weighted by molar-refractivity contribution is 7.99. The summed E-state index contributed by atoms with van der Waals surface area (Å²) in [7, 11) is 0. The molecule has 22 heavy (non-hydrogen) atoms. The van der Waals surface area contributed by atoms with Gasteiger partial charge in [0.05, 0.1) is 16.7 Å². The second-order valence-electron chi connectivity index (χ2n) is 4.32. The van der Waals surface area contributed by atoms with Crippen molar-refractivity contribution in [3.8, 4) is 0 Å². The second kappa shape index (κ2) is 7.51. The number of carbonyl (C=O) groups excluding carboxylic acids is 1. The highest BCUT2D eigenvalue weighted by Crippen LogP contribution is 2.25. The number of hydrogen-bond donors (Lipinski definition) is 1. The van der Waals surface area contributed by atoms with Crippen molar-refractivity contribution >= 4 is 29.0 Å². The third-order valence-electron chi connectivity index (χ3n) is 2.66. The van der Waals surface area contributed by atoms with Crippen LogP contribution < -0.4 is 5.32 Å². The molecule has 8 heteroatoms. The highest BCUT2D eigenvalue weighted by atomic mass is 32.2. The molecule has 1 amide bonds. The number of halogens is 1. The van der Waals surface area contributed by atoms with Crippen molar-refractivity contribution in [1.29, 1.82) is 0 Å². The molecule has 114 valence electrons. The van der Waals surface area contributed by atoms with E-state index in [1.807, 2.05) is 6.07 Å². The summed E-state index contributed by atoms with van der Waals surface area (Å²) in [5.41, 5.74) is 0.497. The van der Waals surface area contributed by atoms with Gasteiger partial charge in [0.25, 0.3) is 5.69 Å². The average Bonchev–Trinajstić information content (AvgIpc) is 2.50. The standard InChI is InChI=1S/C14H12FN3O3S/c15-11-3-4-12(13(6-11)18(20)21)17-14(19)9-22-8-10-2-1-5-16-7-10/h1-7H,8-9H2,(H,17,19). The van der Waals surface area contributed by atoms with Gasteiger partial charge in [-0.25, -0.2) is 4.39 Å². The lowest BCUT2D eigenvalue weighted by atomic mass is 10.2.